The summed E-state index contributed by atoms with van der Waals surface area (Å²) in [6, 6.07) is 8.42. The fraction of sp³-hybridized carbons (Fsp3) is 0.600. The zero-order valence-corrected chi connectivity index (χ0v) is 15.2. The van der Waals surface area contributed by atoms with Crippen LogP contribution < -0.4 is 5.32 Å². The summed E-state index contributed by atoms with van der Waals surface area (Å²) in [6.07, 6.45) is 5.91. The van der Waals surface area contributed by atoms with Gasteiger partial charge in [0, 0.05) is 32.2 Å². The second-order valence-electron chi connectivity index (χ2n) is 7.26. The Morgan fingerprint density at radius 3 is 2.44 bits per heavy atom. The predicted molar refractivity (Wildman–Crippen MR) is 98.4 cm³/mol. The first-order valence-corrected chi connectivity index (χ1v) is 9.51. The summed E-state index contributed by atoms with van der Waals surface area (Å²) >= 11 is 0. The maximum Gasteiger partial charge on any atom is 0.317 e. The number of carbonyl (C=O) groups excluding carboxylic acids is 2. The zero-order valence-electron chi connectivity index (χ0n) is 15.2. The lowest BCUT2D eigenvalue weighted by atomic mass is 10.1. The van der Waals surface area contributed by atoms with Crippen LogP contribution in [0, 0.1) is 6.92 Å². The van der Waals surface area contributed by atoms with Crippen molar-refractivity contribution in [2.45, 2.75) is 51.5 Å². The summed E-state index contributed by atoms with van der Waals surface area (Å²) in [4.78, 5) is 28.9. The molecule has 1 saturated heterocycles. The van der Waals surface area contributed by atoms with Gasteiger partial charge in [0.1, 0.15) is 0 Å². The van der Waals surface area contributed by atoms with E-state index in [9.17, 15) is 9.59 Å². The van der Waals surface area contributed by atoms with Crippen LogP contribution >= 0.6 is 0 Å². The van der Waals surface area contributed by atoms with Crippen LogP contribution in [-0.2, 0) is 11.2 Å². The highest BCUT2D eigenvalue weighted by Gasteiger charge is 2.24. The van der Waals surface area contributed by atoms with E-state index in [1.165, 1.54) is 12.8 Å². The van der Waals surface area contributed by atoms with Crippen LogP contribution in [0.1, 0.15) is 43.2 Å². The number of urea groups is 1. The lowest BCUT2D eigenvalue weighted by Crippen LogP contribution is -2.45. The van der Waals surface area contributed by atoms with Crippen molar-refractivity contribution in [2.75, 3.05) is 26.2 Å². The van der Waals surface area contributed by atoms with Crippen molar-refractivity contribution in [2.24, 2.45) is 0 Å². The first-order valence-electron chi connectivity index (χ1n) is 9.51. The van der Waals surface area contributed by atoms with E-state index in [0.717, 1.165) is 43.5 Å². The third kappa shape index (κ3) is 4.74. The van der Waals surface area contributed by atoms with Crippen LogP contribution in [0.15, 0.2) is 24.3 Å². The number of nitrogens with one attached hydrogen (secondary N) is 1. The topological polar surface area (TPSA) is 52.7 Å². The number of carbonyl (C=O) groups is 2. The first kappa shape index (κ1) is 17.8. The smallest absolute Gasteiger partial charge is 0.317 e. The van der Waals surface area contributed by atoms with E-state index >= 15 is 0 Å². The van der Waals surface area contributed by atoms with Gasteiger partial charge in [-0.25, -0.2) is 4.79 Å². The molecule has 5 nitrogen and oxygen atoms in total. The van der Waals surface area contributed by atoms with Crippen LogP contribution in [0.4, 0.5) is 4.79 Å². The van der Waals surface area contributed by atoms with Gasteiger partial charge in [-0.15, -0.1) is 0 Å². The van der Waals surface area contributed by atoms with Gasteiger partial charge in [0.25, 0.3) is 0 Å². The summed E-state index contributed by atoms with van der Waals surface area (Å²) < 4.78 is 0. The predicted octanol–water partition coefficient (Wildman–Crippen LogP) is 2.72. The average Bonchev–Trinajstić information content (AvgIpc) is 2.98. The molecule has 1 aromatic carbocycles. The molecule has 1 heterocycles. The molecule has 25 heavy (non-hydrogen) atoms. The number of hydrogen-bond donors (Lipinski definition) is 1. The normalized spacial score (nSPS) is 18.9. The van der Waals surface area contributed by atoms with Gasteiger partial charge in [0.2, 0.25) is 5.91 Å². The van der Waals surface area contributed by atoms with Crippen molar-refractivity contribution in [3.8, 4) is 0 Å². The molecule has 1 N–H and O–H groups in total. The molecule has 5 heteroatoms. The molecule has 0 radical (unpaired) electrons. The lowest BCUT2D eigenvalue weighted by molar-refractivity contribution is -0.130. The van der Waals surface area contributed by atoms with Crippen molar-refractivity contribution in [3.05, 3.63) is 35.4 Å². The molecule has 0 spiro atoms. The molecule has 1 aliphatic heterocycles. The molecule has 3 amide bonds. The minimum atomic E-state index is 0.0418. The largest absolute Gasteiger partial charge is 0.341 e. The van der Waals surface area contributed by atoms with Crippen molar-refractivity contribution >= 4 is 11.9 Å². The van der Waals surface area contributed by atoms with Crippen molar-refractivity contribution in [1.82, 2.24) is 15.1 Å². The molecule has 136 valence electrons. The van der Waals surface area contributed by atoms with Gasteiger partial charge < -0.3 is 15.1 Å². The maximum atomic E-state index is 12.6. The molecular weight excluding hydrogens is 314 g/mol. The van der Waals surface area contributed by atoms with Crippen LogP contribution in [0.3, 0.4) is 0 Å². The van der Waals surface area contributed by atoms with Crippen LogP contribution in [0.5, 0.6) is 0 Å². The second kappa shape index (κ2) is 8.37. The van der Waals surface area contributed by atoms with Gasteiger partial charge in [-0.05, 0) is 37.3 Å². The highest BCUT2D eigenvalue weighted by Crippen LogP contribution is 2.18. The van der Waals surface area contributed by atoms with Crippen LogP contribution in [-0.4, -0.2) is 54.0 Å². The summed E-state index contributed by atoms with van der Waals surface area (Å²) in [5, 5.41) is 3.15. The van der Waals surface area contributed by atoms with E-state index < -0.39 is 0 Å². The van der Waals surface area contributed by atoms with Crippen LogP contribution in [0.2, 0.25) is 0 Å². The Hall–Kier alpha value is -2.04. The van der Waals surface area contributed by atoms with Crippen molar-refractivity contribution < 1.29 is 9.59 Å². The van der Waals surface area contributed by atoms with Gasteiger partial charge >= 0.3 is 6.03 Å². The van der Waals surface area contributed by atoms with E-state index in [0.29, 0.717) is 25.6 Å². The molecule has 1 aromatic rings. The van der Waals surface area contributed by atoms with E-state index in [2.05, 4.69) is 5.32 Å². The molecule has 3 rings (SSSR count). The van der Waals surface area contributed by atoms with Gasteiger partial charge in [0.05, 0.1) is 6.42 Å². The fourth-order valence-electron chi connectivity index (χ4n) is 3.79. The van der Waals surface area contributed by atoms with Gasteiger partial charge in [0.15, 0.2) is 0 Å². The number of aryl methyl sites for hydroxylation is 1. The zero-order chi connectivity index (χ0) is 17.6. The minimum absolute atomic E-state index is 0.0418. The summed E-state index contributed by atoms with van der Waals surface area (Å²) in [5.41, 5.74) is 2.25. The van der Waals surface area contributed by atoms with Crippen molar-refractivity contribution in [3.63, 3.8) is 0 Å². The molecular formula is C20H29N3O2. The molecule has 2 fully saturated rings. The SMILES string of the molecule is Cc1ccccc1CC(=O)N1CCCN(C(=O)NC2CCCC2)CC1. The van der Waals surface area contributed by atoms with Crippen molar-refractivity contribution in [1.29, 1.82) is 0 Å². The Balaban J connectivity index is 1.51. The first-order chi connectivity index (χ1) is 12.1. The Labute approximate surface area is 150 Å². The van der Waals surface area contributed by atoms with Gasteiger partial charge in [-0.3, -0.25) is 4.79 Å². The number of rotatable bonds is 3. The number of amides is 3. The van der Waals surface area contributed by atoms with E-state index in [1.54, 1.807) is 0 Å². The monoisotopic (exact) mass is 343 g/mol. The molecule has 0 unspecified atom stereocenters. The summed E-state index contributed by atoms with van der Waals surface area (Å²) in [5.74, 6) is 0.160. The Morgan fingerprint density at radius 2 is 1.68 bits per heavy atom. The lowest BCUT2D eigenvalue weighted by Gasteiger charge is -2.24. The quantitative estimate of drug-likeness (QED) is 0.917. The third-order valence-electron chi connectivity index (χ3n) is 5.42. The number of benzene rings is 1. The Morgan fingerprint density at radius 1 is 1.00 bits per heavy atom. The minimum Gasteiger partial charge on any atom is -0.341 e. The average molecular weight is 343 g/mol. The Kier molecular flexibility index (Phi) is 5.95. The molecule has 0 bridgehead atoms. The number of hydrogen-bond acceptors (Lipinski definition) is 2. The summed E-state index contributed by atoms with van der Waals surface area (Å²) in [6.45, 7) is 4.76. The highest BCUT2D eigenvalue weighted by atomic mass is 16.2. The second-order valence-corrected chi connectivity index (χ2v) is 7.26. The van der Waals surface area contributed by atoms with Gasteiger partial charge in [-0.1, -0.05) is 37.1 Å². The number of nitrogens with zero attached hydrogens (tertiary/aromatic N) is 2. The summed E-state index contributed by atoms with van der Waals surface area (Å²) in [7, 11) is 0. The molecule has 1 aliphatic carbocycles. The van der Waals surface area contributed by atoms with E-state index in [1.807, 2.05) is 41.0 Å². The standard InChI is InChI=1S/C20H29N3O2/c1-16-7-2-3-8-17(16)15-19(24)22-11-6-12-23(14-13-22)20(25)21-18-9-4-5-10-18/h2-3,7-8,18H,4-6,9-15H2,1H3,(H,21,25). The third-order valence-corrected chi connectivity index (χ3v) is 5.42. The molecule has 2 aliphatic rings. The van der Waals surface area contributed by atoms with E-state index in [4.69, 9.17) is 0 Å². The van der Waals surface area contributed by atoms with E-state index in [-0.39, 0.29) is 11.9 Å². The maximum absolute atomic E-state index is 12.6. The Bertz CT molecular complexity index is 611. The molecule has 0 atom stereocenters. The molecule has 0 aromatic heterocycles. The molecule has 1 saturated carbocycles. The highest BCUT2D eigenvalue weighted by molar-refractivity contribution is 5.79. The fourth-order valence-corrected chi connectivity index (χ4v) is 3.79. The van der Waals surface area contributed by atoms with Crippen LogP contribution in [0.25, 0.3) is 0 Å². The van der Waals surface area contributed by atoms with Gasteiger partial charge in [-0.2, -0.15) is 0 Å².